The summed E-state index contributed by atoms with van der Waals surface area (Å²) in [5, 5.41) is -0.118. The minimum atomic E-state index is -0.118. The van der Waals surface area contributed by atoms with Crippen LogP contribution in [0, 0.1) is 0 Å². The van der Waals surface area contributed by atoms with Crippen LogP contribution in [-0.2, 0) is 11.3 Å². The molecule has 2 heterocycles. The predicted molar refractivity (Wildman–Crippen MR) is 84.1 cm³/mol. The standard InChI is InChI=1S/C16H21ClN2O2/c1-11(17)16-18-14-6-5-13(20-2)10-15(14)19(16)8-7-12-4-3-9-21-12/h5-6,10-12H,3-4,7-9H2,1-2H3. The number of imidazole rings is 1. The minimum Gasteiger partial charge on any atom is -0.497 e. The Hall–Kier alpha value is -1.26. The molecule has 0 N–H and O–H groups in total. The number of methoxy groups -OCH3 is 1. The van der Waals surface area contributed by atoms with E-state index in [0.717, 1.165) is 48.6 Å². The third-order valence-corrected chi connectivity index (χ3v) is 4.23. The highest BCUT2D eigenvalue weighted by molar-refractivity contribution is 6.20. The molecule has 0 radical (unpaired) electrons. The highest BCUT2D eigenvalue weighted by Gasteiger charge is 2.19. The monoisotopic (exact) mass is 308 g/mol. The number of nitrogens with zero attached hydrogens (tertiary/aromatic N) is 2. The van der Waals surface area contributed by atoms with E-state index in [-0.39, 0.29) is 5.38 Å². The molecule has 0 saturated carbocycles. The van der Waals surface area contributed by atoms with Gasteiger partial charge in [0.1, 0.15) is 11.6 Å². The molecule has 1 aliphatic rings. The number of aromatic nitrogens is 2. The first kappa shape index (κ1) is 14.7. The van der Waals surface area contributed by atoms with E-state index in [0.29, 0.717) is 6.10 Å². The van der Waals surface area contributed by atoms with Gasteiger partial charge < -0.3 is 14.0 Å². The highest BCUT2D eigenvalue weighted by Crippen LogP contribution is 2.28. The van der Waals surface area contributed by atoms with Crippen molar-refractivity contribution in [2.75, 3.05) is 13.7 Å². The molecule has 4 nitrogen and oxygen atoms in total. The summed E-state index contributed by atoms with van der Waals surface area (Å²) >= 11 is 6.30. The fraction of sp³-hybridized carbons (Fsp3) is 0.562. The molecule has 1 aliphatic heterocycles. The normalized spacial score (nSPS) is 20.0. The van der Waals surface area contributed by atoms with Crippen LogP contribution in [-0.4, -0.2) is 29.4 Å². The van der Waals surface area contributed by atoms with Crippen LogP contribution < -0.4 is 4.74 Å². The van der Waals surface area contributed by atoms with Crippen molar-refractivity contribution in [3.63, 3.8) is 0 Å². The molecular weight excluding hydrogens is 288 g/mol. The number of hydrogen-bond acceptors (Lipinski definition) is 3. The lowest BCUT2D eigenvalue weighted by Crippen LogP contribution is -2.12. The van der Waals surface area contributed by atoms with Gasteiger partial charge in [-0.2, -0.15) is 0 Å². The number of alkyl halides is 1. The summed E-state index contributed by atoms with van der Waals surface area (Å²) in [5.74, 6) is 1.76. The SMILES string of the molecule is COc1ccc2nc(C(C)Cl)n(CCC3CCCO3)c2c1. The van der Waals surface area contributed by atoms with Crippen LogP contribution in [0.3, 0.4) is 0 Å². The van der Waals surface area contributed by atoms with Crippen molar-refractivity contribution >= 4 is 22.6 Å². The van der Waals surface area contributed by atoms with Crippen molar-refractivity contribution in [3.8, 4) is 5.75 Å². The molecule has 1 saturated heterocycles. The summed E-state index contributed by atoms with van der Waals surface area (Å²) in [7, 11) is 1.68. The molecule has 2 atom stereocenters. The molecule has 2 aromatic rings. The molecular formula is C16H21ClN2O2. The zero-order chi connectivity index (χ0) is 14.8. The molecule has 2 unspecified atom stereocenters. The van der Waals surface area contributed by atoms with E-state index in [4.69, 9.17) is 21.1 Å². The minimum absolute atomic E-state index is 0.118. The summed E-state index contributed by atoms with van der Waals surface area (Å²) in [4.78, 5) is 4.67. The topological polar surface area (TPSA) is 36.3 Å². The number of ether oxygens (including phenoxy) is 2. The molecule has 1 aromatic carbocycles. The first-order valence-electron chi connectivity index (χ1n) is 7.49. The van der Waals surface area contributed by atoms with E-state index < -0.39 is 0 Å². The number of hydrogen-bond donors (Lipinski definition) is 0. The van der Waals surface area contributed by atoms with Crippen LogP contribution in [0.4, 0.5) is 0 Å². The summed E-state index contributed by atoms with van der Waals surface area (Å²) in [5.41, 5.74) is 2.04. The summed E-state index contributed by atoms with van der Waals surface area (Å²) in [6.07, 6.45) is 3.69. The van der Waals surface area contributed by atoms with Crippen molar-refractivity contribution in [1.82, 2.24) is 9.55 Å². The van der Waals surface area contributed by atoms with Gasteiger partial charge in [-0.1, -0.05) is 0 Å². The van der Waals surface area contributed by atoms with Crippen molar-refractivity contribution < 1.29 is 9.47 Å². The molecule has 0 aliphatic carbocycles. The van der Waals surface area contributed by atoms with Gasteiger partial charge in [-0.3, -0.25) is 0 Å². The fourth-order valence-electron chi connectivity index (χ4n) is 2.93. The average Bonchev–Trinajstić information content (AvgIpc) is 3.11. The third kappa shape index (κ3) is 3.01. The van der Waals surface area contributed by atoms with E-state index in [1.807, 2.05) is 25.1 Å². The van der Waals surface area contributed by atoms with E-state index in [1.165, 1.54) is 6.42 Å². The fourth-order valence-corrected chi connectivity index (χ4v) is 3.10. The number of aryl methyl sites for hydroxylation is 1. The first-order valence-corrected chi connectivity index (χ1v) is 7.92. The van der Waals surface area contributed by atoms with Gasteiger partial charge in [0, 0.05) is 19.2 Å². The Kier molecular flexibility index (Phi) is 4.36. The zero-order valence-corrected chi connectivity index (χ0v) is 13.3. The molecule has 114 valence electrons. The third-order valence-electron chi connectivity index (χ3n) is 4.04. The Balaban J connectivity index is 1.93. The Labute approximate surface area is 130 Å². The Morgan fingerprint density at radius 3 is 3.05 bits per heavy atom. The molecule has 5 heteroatoms. The van der Waals surface area contributed by atoms with Gasteiger partial charge in [0.15, 0.2) is 0 Å². The van der Waals surface area contributed by atoms with Gasteiger partial charge in [0.2, 0.25) is 0 Å². The maximum absolute atomic E-state index is 6.30. The summed E-state index contributed by atoms with van der Waals surface area (Å²) in [6.45, 7) is 3.73. The second-order valence-electron chi connectivity index (χ2n) is 5.52. The lowest BCUT2D eigenvalue weighted by atomic mass is 10.2. The maximum Gasteiger partial charge on any atom is 0.127 e. The van der Waals surface area contributed by atoms with Crippen molar-refractivity contribution in [1.29, 1.82) is 0 Å². The highest BCUT2D eigenvalue weighted by atomic mass is 35.5. The van der Waals surface area contributed by atoms with Crippen LogP contribution in [0.5, 0.6) is 5.75 Å². The molecule has 21 heavy (non-hydrogen) atoms. The van der Waals surface area contributed by atoms with E-state index in [1.54, 1.807) is 7.11 Å². The molecule has 0 amide bonds. The second-order valence-corrected chi connectivity index (χ2v) is 6.17. The van der Waals surface area contributed by atoms with Gasteiger partial charge in [-0.15, -0.1) is 11.6 Å². The van der Waals surface area contributed by atoms with Gasteiger partial charge in [0.05, 0.1) is 29.6 Å². The predicted octanol–water partition coefficient (Wildman–Crippen LogP) is 3.91. The molecule has 1 aromatic heterocycles. The molecule has 3 rings (SSSR count). The summed E-state index contributed by atoms with van der Waals surface area (Å²) < 4.78 is 13.2. The van der Waals surface area contributed by atoms with Crippen molar-refractivity contribution in [2.45, 2.75) is 44.2 Å². The van der Waals surface area contributed by atoms with Gasteiger partial charge in [-0.05, 0) is 38.3 Å². The maximum atomic E-state index is 6.30. The molecule has 1 fully saturated rings. The van der Waals surface area contributed by atoms with Gasteiger partial charge >= 0.3 is 0 Å². The van der Waals surface area contributed by atoms with Crippen molar-refractivity contribution in [3.05, 3.63) is 24.0 Å². The lowest BCUT2D eigenvalue weighted by Gasteiger charge is -2.14. The largest absolute Gasteiger partial charge is 0.497 e. The molecule has 0 spiro atoms. The Morgan fingerprint density at radius 2 is 2.38 bits per heavy atom. The van der Waals surface area contributed by atoms with Crippen LogP contribution in [0.1, 0.15) is 37.4 Å². The molecule has 0 bridgehead atoms. The van der Waals surface area contributed by atoms with E-state index >= 15 is 0 Å². The second kappa shape index (κ2) is 6.24. The van der Waals surface area contributed by atoms with Crippen LogP contribution >= 0.6 is 11.6 Å². The van der Waals surface area contributed by atoms with E-state index in [9.17, 15) is 0 Å². The van der Waals surface area contributed by atoms with E-state index in [2.05, 4.69) is 9.55 Å². The average molecular weight is 309 g/mol. The number of fused-ring (bicyclic) bond motifs is 1. The van der Waals surface area contributed by atoms with Gasteiger partial charge in [-0.25, -0.2) is 4.98 Å². The summed E-state index contributed by atoms with van der Waals surface area (Å²) in [6, 6.07) is 5.95. The number of rotatable bonds is 5. The first-order chi connectivity index (χ1) is 10.2. The Morgan fingerprint density at radius 1 is 1.52 bits per heavy atom. The number of benzene rings is 1. The van der Waals surface area contributed by atoms with Gasteiger partial charge in [0.25, 0.3) is 0 Å². The Bertz CT molecular complexity index is 618. The van der Waals surface area contributed by atoms with Crippen LogP contribution in [0.2, 0.25) is 0 Å². The zero-order valence-electron chi connectivity index (χ0n) is 12.5. The van der Waals surface area contributed by atoms with Crippen LogP contribution in [0.25, 0.3) is 11.0 Å². The number of halogens is 1. The lowest BCUT2D eigenvalue weighted by molar-refractivity contribution is 0.100. The quantitative estimate of drug-likeness (QED) is 0.786. The van der Waals surface area contributed by atoms with Crippen molar-refractivity contribution in [2.24, 2.45) is 0 Å². The smallest absolute Gasteiger partial charge is 0.127 e. The van der Waals surface area contributed by atoms with Crippen LogP contribution in [0.15, 0.2) is 18.2 Å².